The molecular formula is C13H22N4OS. The van der Waals surface area contributed by atoms with Gasteiger partial charge in [-0.3, -0.25) is 4.79 Å². The molecule has 0 aromatic carbocycles. The quantitative estimate of drug-likeness (QED) is 0.838. The third-order valence-electron chi connectivity index (χ3n) is 3.98. The SMILES string of the molecule is CCN(C)c1nc(N)c(C(=O)NCC2(CC)CC2)s1. The van der Waals surface area contributed by atoms with Crippen molar-refractivity contribution in [2.45, 2.75) is 33.1 Å². The minimum absolute atomic E-state index is 0.0921. The molecule has 0 aliphatic heterocycles. The Morgan fingerprint density at radius 3 is 2.74 bits per heavy atom. The largest absolute Gasteiger partial charge is 0.382 e. The topological polar surface area (TPSA) is 71.2 Å². The summed E-state index contributed by atoms with van der Waals surface area (Å²) < 4.78 is 0. The average Bonchev–Trinajstić information content (AvgIpc) is 3.10. The summed E-state index contributed by atoms with van der Waals surface area (Å²) >= 11 is 1.36. The molecule has 0 unspecified atom stereocenters. The van der Waals surface area contributed by atoms with E-state index in [0.717, 1.165) is 24.6 Å². The zero-order valence-corrected chi connectivity index (χ0v) is 12.6. The molecule has 1 aliphatic carbocycles. The molecule has 106 valence electrons. The molecule has 0 spiro atoms. The van der Waals surface area contributed by atoms with Gasteiger partial charge in [0.2, 0.25) is 0 Å². The molecule has 2 rings (SSSR count). The highest BCUT2D eigenvalue weighted by atomic mass is 32.1. The molecule has 0 bridgehead atoms. The Labute approximate surface area is 118 Å². The molecule has 6 heteroatoms. The van der Waals surface area contributed by atoms with E-state index in [1.807, 2.05) is 18.9 Å². The minimum Gasteiger partial charge on any atom is -0.382 e. The number of nitrogens with zero attached hydrogens (tertiary/aromatic N) is 2. The number of carbonyl (C=O) groups is 1. The van der Waals surface area contributed by atoms with Crippen LogP contribution < -0.4 is 16.0 Å². The summed E-state index contributed by atoms with van der Waals surface area (Å²) in [5, 5.41) is 3.79. The number of aromatic nitrogens is 1. The Hall–Kier alpha value is -1.30. The van der Waals surface area contributed by atoms with Crippen LogP contribution in [-0.4, -0.2) is 31.0 Å². The highest BCUT2D eigenvalue weighted by Crippen LogP contribution is 2.47. The lowest BCUT2D eigenvalue weighted by atomic mass is 10.0. The predicted octanol–water partition coefficient (Wildman–Crippen LogP) is 2.10. The van der Waals surface area contributed by atoms with Crippen LogP contribution in [0.4, 0.5) is 10.9 Å². The molecule has 19 heavy (non-hydrogen) atoms. The average molecular weight is 282 g/mol. The lowest BCUT2D eigenvalue weighted by Crippen LogP contribution is -2.29. The van der Waals surface area contributed by atoms with Crippen LogP contribution in [0, 0.1) is 5.41 Å². The standard InChI is InChI=1S/C13H22N4OS/c1-4-13(6-7-13)8-15-11(18)9-10(14)16-12(19-9)17(3)5-2/h4-8,14H2,1-3H3,(H,15,18). The minimum atomic E-state index is -0.0921. The summed E-state index contributed by atoms with van der Waals surface area (Å²) in [6.45, 7) is 5.80. The Kier molecular flexibility index (Phi) is 3.99. The van der Waals surface area contributed by atoms with Crippen LogP contribution in [0.1, 0.15) is 42.8 Å². The number of hydrogen-bond donors (Lipinski definition) is 2. The van der Waals surface area contributed by atoms with E-state index < -0.39 is 0 Å². The van der Waals surface area contributed by atoms with Crippen LogP contribution in [0.3, 0.4) is 0 Å². The predicted molar refractivity (Wildman–Crippen MR) is 79.8 cm³/mol. The first-order chi connectivity index (χ1) is 9.01. The summed E-state index contributed by atoms with van der Waals surface area (Å²) in [5.74, 6) is 0.240. The molecule has 5 nitrogen and oxygen atoms in total. The first-order valence-corrected chi connectivity index (χ1v) is 7.58. The number of nitrogens with one attached hydrogen (secondary N) is 1. The number of hydrogen-bond acceptors (Lipinski definition) is 5. The van der Waals surface area contributed by atoms with E-state index in [9.17, 15) is 4.79 Å². The van der Waals surface area contributed by atoms with Crippen LogP contribution in [-0.2, 0) is 0 Å². The van der Waals surface area contributed by atoms with E-state index in [1.54, 1.807) is 0 Å². The van der Waals surface area contributed by atoms with Crippen LogP contribution >= 0.6 is 11.3 Å². The van der Waals surface area contributed by atoms with Gasteiger partial charge in [0.05, 0.1) is 0 Å². The molecule has 1 fully saturated rings. The van der Waals surface area contributed by atoms with Gasteiger partial charge in [-0.15, -0.1) is 0 Å². The third-order valence-corrected chi connectivity index (χ3v) is 5.16. The number of nitrogen functional groups attached to an aromatic ring is 1. The van der Waals surface area contributed by atoms with Crippen molar-refractivity contribution in [1.29, 1.82) is 0 Å². The van der Waals surface area contributed by atoms with Crippen LogP contribution in [0.2, 0.25) is 0 Å². The molecule has 1 heterocycles. The van der Waals surface area contributed by atoms with Gasteiger partial charge in [-0.05, 0) is 31.6 Å². The van der Waals surface area contributed by atoms with Gasteiger partial charge in [0.1, 0.15) is 10.7 Å². The maximum Gasteiger partial charge on any atom is 0.265 e. The molecule has 1 aromatic heterocycles. The van der Waals surface area contributed by atoms with Gasteiger partial charge in [-0.1, -0.05) is 18.3 Å². The van der Waals surface area contributed by atoms with Crippen molar-refractivity contribution >= 4 is 28.2 Å². The first kappa shape index (κ1) is 14.1. The van der Waals surface area contributed by atoms with Crippen LogP contribution in [0.5, 0.6) is 0 Å². The van der Waals surface area contributed by atoms with Crippen molar-refractivity contribution in [3.05, 3.63) is 4.88 Å². The highest BCUT2D eigenvalue weighted by Gasteiger charge is 2.40. The number of thiazole rings is 1. The maximum absolute atomic E-state index is 12.1. The number of nitrogens with two attached hydrogens (primary N) is 1. The molecule has 3 N–H and O–H groups in total. The summed E-state index contributed by atoms with van der Waals surface area (Å²) in [6.07, 6.45) is 3.55. The number of rotatable bonds is 6. The van der Waals surface area contributed by atoms with Gasteiger partial charge >= 0.3 is 0 Å². The zero-order valence-electron chi connectivity index (χ0n) is 11.8. The molecular weight excluding hydrogens is 260 g/mol. The Morgan fingerprint density at radius 2 is 2.21 bits per heavy atom. The van der Waals surface area contributed by atoms with Crippen molar-refractivity contribution in [1.82, 2.24) is 10.3 Å². The second kappa shape index (κ2) is 5.36. The van der Waals surface area contributed by atoms with Gasteiger partial charge in [-0.2, -0.15) is 0 Å². The number of carbonyl (C=O) groups excluding carboxylic acids is 1. The van der Waals surface area contributed by atoms with E-state index in [0.29, 0.717) is 16.1 Å². The van der Waals surface area contributed by atoms with Gasteiger partial charge < -0.3 is 16.0 Å². The fourth-order valence-electron chi connectivity index (χ4n) is 1.96. The molecule has 1 saturated carbocycles. The summed E-state index contributed by atoms with van der Waals surface area (Å²) in [4.78, 5) is 18.9. The normalized spacial score (nSPS) is 16.2. The van der Waals surface area contributed by atoms with Gasteiger partial charge in [0.15, 0.2) is 5.13 Å². The molecule has 0 saturated heterocycles. The van der Waals surface area contributed by atoms with E-state index >= 15 is 0 Å². The van der Waals surface area contributed by atoms with E-state index in [2.05, 4.69) is 17.2 Å². The van der Waals surface area contributed by atoms with Gasteiger partial charge in [0, 0.05) is 20.1 Å². The number of anilines is 2. The second-order valence-corrected chi connectivity index (χ2v) is 6.24. The first-order valence-electron chi connectivity index (χ1n) is 6.77. The van der Waals surface area contributed by atoms with Crippen LogP contribution in [0.15, 0.2) is 0 Å². The van der Waals surface area contributed by atoms with E-state index in [-0.39, 0.29) is 5.91 Å². The maximum atomic E-state index is 12.1. The van der Waals surface area contributed by atoms with E-state index in [1.165, 1.54) is 24.2 Å². The van der Waals surface area contributed by atoms with Crippen molar-refractivity contribution in [3.8, 4) is 0 Å². The Morgan fingerprint density at radius 1 is 1.53 bits per heavy atom. The third kappa shape index (κ3) is 3.00. The van der Waals surface area contributed by atoms with Crippen molar-refractivity contribution in [2.75, 3.05) is 30.8 Å². The Balaban J connectivity index is 2.00. The molecule has 0 radical (unpaired) electrons. The van der Waals surface area contributed by atoms with Crippen LogP contribution in [0.25, 0.3) is 0 Å². The van der Waals surface area contributed by atoms with Crippen molar-refractivity contribution < 1.29 is 4.79 Å². The van der Waals surface area contributed by atoms with E-state index in [4.69, 9.17) is 5.73 Å². The molecule has 1 aliphatic rings. The van der Waals surface area contributed by atoms with Gasteiger partial charge in [0.25, 0.3) is 5.91 Å². The van der Waals surface area contributed by atoms with Crippen molar-refractivity contribution in [2.24, 2.45) is 5.41 Å². The molecule has 1 amide bonds. The zero-order chi connectivity index (χ0) is 14.0. The fraction of sp³-hybridized carbons (Fsp3) is 0.692. The lowest BCUT2D eigenvalue weighted by molar-refractivity contribution is 0.0949. The van der Waals surface area contributed by atoms with Crippen molar-refractivity contribution in [3.63, 3.8) is 0 Å². The molecule has 0 atom stereocenters. The van der Waals surface area contributed by atoms with Gasteiger partial charge in [-0.25, -0.2) is 4.98 Å². The summed E-state index contributed by atoms with van der Waals surface area (Å²) in [6, 6.07) is 0. The lowest BCUT2D eigenvalue weighted by Gasteiger charge is -2.13. The summed E-state index contributed by atoms with van der Waals surface area (Å²) in [7, 11) is 1.94. The smallest absolute Gasteiger partial charge is 0.265 e. The summed E-state index contributed by atoms with van der Waals surface area (Å²) in [5.41, 5.74) is 6.18. The Bertz CT molecular complexity index is 467. The number of amides is 1. The monoisotopic (exact) mass is 282 g/mol. The fourth-order valence-corrected chi connectivity index (χ4v) is 2.89. The molecule has 1 aromatic rings. The highest BCUT2D eigenvalue weighted by molar-refractivity contribution is 7.18. The second-order valence-electron chi connectivity index (χ2n) is 5.26.